The van der Waals surface area contributed by atoms with E-state index in [4.69, 9.17) is 0 Å². The first-order valence-electron chi connectivity index (χ1n) is 1.79. The van der Waals surface area contributed by atoms with Crippen LogP contribution in [0.15, 0.2) is 16.4 Å². The molecule has 0 unspecified atom stereocenters. The average molecular weight is 130 g/mol. The summed E-state index contributed by atoms with van der Waals surface area (Å²) in [6.07, 6.45) is 4.67. The van der Waals surface area contributed by atoms with Crippen molar-refractivity contribution >= 4 is 24.6 Å². The maximum absolute atomic E-state index is 4.00. The van der Waals surface area contributed by atoms with Crippen LogP contribution in [0.5, 0.6) is 0 Å². The van der Waals surface area contributed by atoms with Gasteiger partial charge in [-0.05, 0) is 23.4 Å². The molecule has 7 heavy (non-hydrogen) atoms. The van der Waals surface area contributed by atoms with Gasteiger partial charge < -0.3 is 4.72 Å². The summed E-state index contributed by atoms with van der Waals surface area (Å²) in [5, 5.41) is 1.92. The molecule has 0 aromatic heterocycles. The van der Waals surface area contributed by atoms with Gasteiger partial charge in [0.05, 0.1) is 6.20 Å². The molecule has 0 saturated heterocycles. The third-order valence-corrected chi connectivity index (χ3v) is 1.28. The zero-order chi connectivity index (χ0) is 5.11. The molecule has 1 heterocycles. The molecule has 1 nitrogen and oxygen atoms in total. The van der Waals surface area contributed by atoms with E-state index in [1.54, 1.807) is 0 Å². The van der Waals surface area contributed by atoms with Crippen LogP contribution >= 0.6 is 24.6 Å². The molecular weight excluding hydrogens is 126 g/mol. The lowest BCUT2D eigenvalue weighted by Crippen LogP contribution is -1.92. The van der Waals surface area contributed by atoms with Crippen molar-refractivity contribution in [1.29, 1.82) is 0 Å². The van der Waals surface area contributed by atoms with Crippen molar-refractivity contribution in [3.05, 3.63) is 22.6 Å². The Kier molecular flexibility index (Phi) is 1.70. The molecule has 37 valence electrons. The first-order valence-corrected chi connectivity index (χ1v) is 3.11. The minimum Gasteiger partial charge on any atom is -0.323 e. The molecule has 1 aliphatic rings. The Bertz CT molecular complexity index is 117. The number of allylic oxidation sites excluding steroid dienone is 1. The van der Waals surface area contributed by atoms with E-state index in [1.807, 2.05) is 11.5 Å². The number of nitrogens with one attached hydrogen (secondary N) is 1. The highest BCUT2D eigenvalue weighted by Crippen LogP contribution is 2.09. The van der Waals surface area contributed by atoms with Crippen LogP contribution in [-0.2, 0) is 0 Å². The summed E-state index contributed by atoms with van der Waals surface area (Å²) in [4.78, 5) is 0.846. The van der Waals surface area contributed by atoms with Gasteiger partial charge in [-0.25, -0.2) is 0 Å². The summed E-state index contributed by atoms with van der Waals surface area (Å²) in [5.41, 5.74) is 0. The van der Waals surface area contributed by atoms with Gasteiger partial charge in [0.15, 0.2) is 0 Å². The predicted molar refractivity (Wildman–Crippen MR) is 35.6 cm³/mol. The first-order chi connectivity index (χ1) is 3.39. The van der Waals surface area contributed by atoms with Crippen molar-refractivity contribution in [2.24, 2.45) is 0 Å². The van der Waals surface area contributed by atoms with E-state index in [9.17, 15) is 0 Å². The van der Waals surface area contributed by atoms with Crippen LogP contribution in [-0.4, -0.2) is 0 Å². The highest BCUT2D eigenvalue weighted by atomic mass is 32.2. The van der Waals surface area contributed by atoms with E-state index < -0.39 is 0 Å². The molecular formula is C4H4NS2. The summed E-state index contributed by atoms with van der Waals surface area (Å²) in [6, 6.07) is 0. The van der Waals surface area contributed by atoms with Crippen LogP contribution in [0.1, 0.15) is 0 Å². The molecule has 0 aromatic carbocycles. The normalized spacial score (nSPS) is 18.1. The minimum absolute atomic E-state index is 0.846. The SMILES string of the molecule is SC1=[C]NSC=C1. The van der Waals surface area contributed by atoms with Crippen molar-refractivity contribution in [1.82, 2.24) is 4.72 Å². The number of hydrogen-bond donors (Lipinski definition) is 2. The average Bonchev–Trinajstić information content (AvgIpc) is 1.69. The molecule has 0 saturated carbocycles. The monoisotopic (exact) mass is 130 g/mol. The second-order valence-electron chi connectivity index (χ2n) is 1.03. The van der Waals surface area contributed by atoms with Crippen molar-refractivity contribution in [3.63, 3.8) is 0 Å². The van der Waals surface area contributed by atoms with Crippen LogP contribution < -0.4 is 4.72 Å². The maximum Gasteiger partial charge on any atom is 0.0833 e. The topological polar surface area (TPSA) is 12.0 Å². The largest absolute Gasteiger partial charge is 0.323 e. The van der Waals surface area contributed by atoms with Crippen molar-refractivity contribution in [2.75, 3.05) is 0 Å². The smallest absolute Gasteiger partial charge is 0.0833 e. The zero-order valence-electron chi connectivity index (χ0n) is 3.51. The van der Waals surface area contributed by atoms with Gasteiger partial charge in [0.1, 0.15) is 0 Å². The van der Waals surface area contributed by atoms with E-state index in [1.165, 1.54) is 11.9 Å². The molecule has 0 aromatic rings. The standard InChI is InChI=1S/C4H4NS2/c6-4-1-2-7-5-3-4/h1-2,5-6H. The van der Waals surface area contributed by atoms with Gasteiger partial charge in [-0.15, -0.1) is 12.6 Å². The third kappa shape index (κ3) is 1.49. The summed E-state index contributed by atoms with van der Waals surface area (Å²) in [5.74, 6) is 0. The Morgan fingerprint density at radius 2 is 2.71 bits per heavy atom. The highest BCUT2D eigenvalue weighted by Gasteiger charge is 1.87. The van der Waals surface area contributed by atoms with E-state index >= 15 is 0 Å². The van der Waals surface area contributed by atoms with E-state index in [-0.39, 0.29) is 0 Å². The van der Waals surface area contributed by atoms with Crippen LogP contribution in [0.2, 0.25) is 0 Å². The Labute approximate surface area is 52.4 Å². The van der Waals surface area contributed by atoms with E-state index in [0.717, 1.165) is 4.91 Å². The molecule has 1 radical (unpaired) electrons. The second-order valence-corrected chi connectivity index (χ2v) is 2.23. The van der Waals surface area contributed by atoms with Crippen molar-refractivity contribution in [2.45, 2.75) is 0 Å². The van der Waals surface area contributed by atoms with Gasteiger partial charge in [-0.3, -0.25) is 0 Å². The van der Waals surface area contributed by atoms with Crippen molar-refractivity contribution < 1.29 is 0 Å². The fraction of sp³-hybridized carbons (Fsp3) is 0. The molecule has 1 N–H and O–H groups in total. The van der Waals surface area contributed by atoms with Gasteiger partial charge in [-0.1, -0.05) is 0 Å². The third-order valence-electron chi connectivity index (χ3n) is 0.532. The predicted octanol–water partition coefficient (Wildman–Crippen LogP) is 1.33. The second kappa shape index (κ2) is 2.33. The number of rotatable bonds is 0. The summed E-state index contributed by atoms with van der Waals surface area (Å²) in [6.45, 7) is 0. The van der Waals surface area contributed by atoms with Crippen LogP contribution in [0.3, 0.4) is 0 Å². The minimum atomic E-state index is 0.846. The lowest BCUT2D eigenvalue weighted by atomic mass is 10.6. The first kappa shape index (κ1) is 5.12. The fourth-order valence-corrected chi connectivity index (χ4v) is 1.00. The Morgan fingerprint density at radius 3 is 3.00 bits per heavy atom. The van der Waals surface area contributed by atoms with E-state index in [0.29, 0.717) is 0 Å². The maximum atomic E-state index is 4.00. The lowest BCUT2D eigenvalue weighted by Gasteiger charge is -1.97. The summed E-state index contributed by atoms with van der Waals surface area (Å²) >= 11 is 5.49. The molecule has 3 heteroatoms. The van der Waals surface area contributed by atoms with Crippen LogP contribution in [0.4, 0.5) is 0 Å². The number of thiol groups is 1. The van der Waals surface area contributed by atoms with Crippen LogP contribution in [0.25, 0.3) is 0 Å². The quantitative estimate of drug-likeness (QED) is 0.379. The number of hydrogen-bond acceptors (Lipinski definition) is 3. The molecule has 0 aliphatic carbocycles. The van der Waals surface area contributed by atoms with E-state index in [2.05, 4.69) is 23.6 Å². The Balaban J connectivity index is 2.58. The Hall–Kier alpha value is -0.0200. The molecule has 0 fully saturated rings. The fourth-order valence-electron chi connectivity index (χ4n) is 0.256. The van der Waals surface area contributed by atoms with Crippen LogP contribution in [0, 0.1) is 6.20 Å². The molecule has 0 bridgehead atoms. The highest BCUT2D eigenvalue weighted by molar-refractivity contribution is 8.00. The summed E-state index contributed by atoms with van der Waals surface area (Å²) in [7, 11) is 0. The summed E-state index contributed by atoms with van der Waals surface area (Å²) < 4.78 is 2.80. The molecule has 1 rings (SSSR count). The Morgan fingerprint density at radius 1 is 1.86 bits per heavy atom. The lowest BCUT2D eigenvalue weighted by molar-refractivity contribution is 1.34. The molecule has 1 aliphatic heterocycles. The zero-order valence-corrected chi connectivity index (χ0v) is 5.22. The van der Waals surface area contributed by atoms with Gasteiger partial charge in [0, 0.05) is 4.91 Å². The van der Waals surface area contributed by atoms with Gasteiger partial charge in [0.25, 0.3) is 0 Å². The molecule has 0 spiro atoms. The van der Waals surface area contributed by atoms with Gasteiger partial charge in [-0.2, -0.15) is 0 Å². The van der Waals surface area contributed by atoms with Crippen molar-refractivity contribution in [3.8, 4) is 0 Å². The molecule has 0 atom stereocenters. The van der Waals surface area contributed by atoms with Gasteiger partial charge in [0.2, 0.25) is 0 Å². The molecule has 0 amide bonds. The van der Waals surface area contributed by atoms with Gasteiger partial charge >= 0.3 is 0 Å².